The van der Waals surface area contributed by atoms with Gasteiger partial charge in [0.15, 0.2) is 0 Å². The second-order valence-corrected chi connectivity index (χ2v) is 6.50. The third-order valence-electron chi connectivity index (χ3n) is 3.31. The van der Waals surface area contributed by atoms with Gasteiger partial charge in [0.2, 0.25) is 0 Å². The number of benzene rings is 1. The predicted molar refractivity (Wildman–Crippen MR) is 83.2 cm³/mol. The van der Waals surface area contributed by atoms with Gasteiger partial charge in [-0.3, -0.25) is 0 Å². The first-order valence-electron chi connectivity index (χ1n) is 6.53. The molecule has 0 aliphatic heterocycles. The van der Waals surface area contributed by atoms with Gasteiger partial charge >= 0.3 is 0 Å². The van der Waals surface area contributed by atoms with Crippen LogP contribution in [0.1, 0.15) is 38.8 Å². The number of methoxy groups -OCH3 is 1. The molecule has 0 fully saturated rings. The maximum atomic E-state index is 6.04. The van der Waals surface area contributed by atoms with E-state index in [0.717, 1.165) is 25.1 Å². The summed E-state index contributed by atoms with van der Waals surface area (Å²) >= 11 is 12.0. The van der Waals surface area contributed by atoms with Crippen molar-refractivity contribution in [2.75, 3.05) is 20.3 Å². The molecular weight excluding hydrogens is 281 g/mol. The quantitative estimate of drug-likeness (QED) is 0.788. The molecule has 1 N–H and O–H groups in total. The Kier molecular flexibility index (Phi) is 6.61. The molecule has 1 rings (SSSR count). The standard InChI is InChI=1S/C15H23Cl2NO/c1-11(12-5-6-13(16)14(17)9-12)18-10-15(2,3)7-8-19-4/h5-6,9,11,18H,7-8,10H2,1-4H3. The van der Waals surface area contributed by atoms with Gasteiger partial charge < -0.3 is 10.1 Å². The molecule has 0 aliphatic carbocycles. The molecule has 0 heterocycles. The molecule has 0 aliphatic rings. The summed E-state index contributed by atoms with van der Waals surface area (Å²) in [6, 6.07) is 6.02. The average molecular weight is 304 g/mol. The first kappa shape index (κ1) is 16.8. The van der Waals surface area contributed by atoms with Crippen molar-refractivity contribution in [3.05, 3.63) is 33.8 Å². The van der Waals surface area contributed by atoms with Crippen LogP contribution in [0.15, 0.2) is 18.2 Å². The lowest BCUT2D eigenvalue weighted by Crippen LogP contribution is -2.32. The fourth-order valence-corrected chi connectivity index (χ4v) is 2.10. The Morgan fingerprint density at radius 1 is 1.26 bits per heavy atom. The van der Waals surface area contributed by atoms with Crippen molar-refractivity contribution in [3.8, 4) is 0 Å². The van der Waals surface area contributed by atoms with E-state index in [-0.39, 0.29) is 11.5 Å². The number of hydrogen-bond donors (Lipinski definition) is 1. The normalized spacial score (nSPS) is 13.6. The Morgan fingerprint density at radius 2 is 1.95 bits per heavy atom. The topological polar surface area (TPSA) is 21.3 Å². The molecule has 108 valence electrons. The van der Waals surface area contributed by atoms with E-state index in [2.05, 4.69) is 26.1 Å². The Bertz CT molecular complexity index is 407. The van der Waals surface area contributed by atoms with E-state index in [9.17, 15) is 0 Å². The van der Waals surface area contributed by atoms with Crippen molar-refractivity contribution in [1.29, 1.82) is 0 Å². The highest BCUT2D eigenvalue weighted by molar-refractivity contribution is 6.42. The highest BCUT2D eigenvalue weighted by Gasteiger charge is 2.18. The molecule has 0 saturated heterocycles. The van der Waals surface area contributed by atoms with Crippen LogP contribution in [0.3, 0.4) is 0 Å². The summed E-state index contributed by atoms with van der Waals surface area (Å²) in [6.45, 7) is 8.32. The fraction of sp³-hybridized carbons (Fsp3) is 0.600. The summed E-state index contributed by atoms with van der Waals surface area (Å²) in [5, 5.41) is 4.74. The summed E-state index contributed by atoms with van der Waals surface area (Å²) in [6.07, 6.45) is 1.03. The lowest BCUT2D eigenvalue weighted by Gasteiger charge is -2.27. The van der Waals surface area contributed by atoms with Gasteiger partial charge in [-0.25, -0.2) is 0 Å². The minimum Gasteiger partial charge on any atom is -0.385 e. The fourth-order valence-electron chi connectivity index (χ4n) is 1.80. The number of ether oxygens (including phenoxy) is 1. The van der Waals surface area contributed by atoms with E-state index in [0.29, 0.717) is 10.0 Å². The van der Waals surface area contributed by atoms with E-state index in [1.807, 2.05) is 18.2 Å². The second-order valence-electron chi connectivity index (χ2n) is 5.68. The Morgan fingerprint density at radius 3 is 2.53 bits per heavy atom. The van der Waals surface area contributed by atoms with Crippen LogP contribution in [0.2, 0.25) is 10.0 Å². The summed E-state index contributed by atoms with van der Waals surface area (Å²) in [5.74, 6) is 0. The smallest absolute Gasteiger partial charge is 0.0595 e. The van der Waals surface area contributed by atoms with Crippen LogP contribution in [-0.4, -0.2) is 20.3 Å². The SMILES string of the molecule is COCCC(C)(C)CNC(C)c1ccc(Cl)c(Cl)c1. The number of hydrogen-bond acceptors (Lipinski definition) is 2. The van der Waals surface area contributed by atoms with Gasteiger partial charge in [-0.2, -0.15) is 0 Å². The zero-order valence-corrected chi connectivity index (χ0v) is 13.6. The minimum atomic E-state index is 0.209. The third kappa shape index (κ3) is 5.70. The summed E-state index contributed by atoms with van der Waals surface area (Å²) in [5.41, 5.74) is 1.36. The Hall–Kier alpha value is -0.280. The molecule has 1 aromatic carbocycles. The molecule has 1 aromatic rings. The van der Waals surface area contributed by atoms with Crippen LogP contribution < -0.4 is 5.32 Å². The highest BCUT2D eigenvalue weighted by Crippen LogP contribution is 2.26. The molecule has 0 amide bonds. The molecule has 0 saturated carbocycles. The van der Waals surface area contributed by atoms with Crippen molar-refractivity contribution in [2.45, 2.75) is 33.2 Å². The van der Waals surface area contributed by atoms with Crippen LogP contribution in [0.5, 0.6) is 0 Å². The van der Waals surface area contributed by atoms with Crippen molar-refractivity contribution in [1.82, 2.24) is 5.32 Å². The molecule has 0 spiro atoms. The maximum Gasteiger partial charge on any atom is 0.0595 e. The maximum absolute atomic E-state index is 6.04. The summed E-state index contributed by atoms with van der Waals surface area (Å²) in [7, 11) is 1.74. The molecule has 0 aromatic heterocycles. The third-order valence-corrected chi connectivity index (χ3v) is 4.05. The highest BCUT2D eigenvalue weighted by atomic mass is 35.5. The number of nitrogens with one attached hydrogen (secondary N) is 1. The number of rotatable bonds is 7. The molecule has 0 radical (unpaired) electrons. The molecule has 19 heavy (non-hydrogen) atoms. The zero-order valence-electron chi connectivity index (χ0n) is 12.1. The van der Waals surface area contributed by atoms with Gasteiger partial charge in [0, 0.05) is 26.3 Å². The van der Waals surface area contributed by atoms with Gasteiger partial charge in [-0.1, -0.05) is 43.1 Å². The van der Waals surface area contributed by atoms with Gasteiger partial charge in [-0.15, -0.1) is 0 Å². The first-order chi connectivity index (χ1) is 8.85. The monoisotopic (exact) mass is 303 g/mol. The zero-order chi connectivity index (χ0) is 14.5. The van der Waals surface area contributed by atoms with Crippen LogP contribution in [0.25, 0.3) is 0 Å². The average Bonchev–Trinajstić information content (AvgIpc) is 2.37. The lowest BCUT2D eigenvalue weighted by molar-refractivity contribution is 0.149. The minimum absolute atomic E-state index is 0.209. The van der Waals surface area contributed by atoms with Crippen molar-refractivity contribution in [2.24, 2.45) is 5.41 Å². The summed E-state index contributed by atoms with van der Waals surface area (Å²) in [4.78, 5) is 0. The molecule has 1 atom stereocenters. The van der Waals surface area contributed by atoms with Gasteiger partial charge in [0.05, 0.1) is 10.0 Å². The van der Waals surface area contributed by atoms with E-state index in [4.69, 9.17) is 27.9 Å². The Labute approximate surface area is 126 Å². The van der Waals surface area contributed by atoms with E-state index in [1.54, 1.807) is 7.11 Å². The van der Waals surface area contributed by atoms with E-state index >= 15 is 0 Å². The molecule has 4 heteroatoms. The lowest BCUT2D eigenvalue weighted by atomic mass is 9.89. The van der Waals surface area contributed by atoms with Gasteiger partial charge in [0.1, 0.15) is 0 Å². The molecular formula is C15H23Cl2NO. The van der Waals surface area contributed by atoms with E-state index < -0.39 is 0 Å². The first-order valence-corrected chi connectivity index (χ1v) is 7.28. The molecule has 2 nitrogen and oxygen atoms in total. The predicted octanol–water partition coefficient (Wildman–Crippen LogP) is 4.71. The van der Waals surface area contributed by atoms with E-state index in [1.165, 1.54) is 0 Å². The van der Waals surface area contributed by atoms with Crippen molar-refractivity contribution in [3.63, 3.8) is 0 Å². The Balaban J connectivity index is 2.54. The van der Waals surface area contributed by atoms with Crippen molar-refractivity contribution >= 4 is 23.2 Å². The van der Waals surface area contributed by atoms with Crippen molar-refractivity contribution < 1.29 is 4.74 Å². The van der Waals surface area contributed by atoms with Crippen LogP contribution in [0, 0.1) is 5.41 Å². The molecule has 0 bridgehead atoms. The second kappa shape index (κ2) is 7.49. The summed E-state index contributed by atoms with van der Waals surface area (Å²) < 4.78 is 5.14. The van der Waals surface area contributed by atoms with Gasteiger partial charge in [-0.05, 0) is 36.5 Å². The van der Waals surface area contributed by atoms with Gasteiger partial charge in [0.25, 0.3) is 0 Å². The molecule has 1 unspecified atom stereocenters. The largest absolute Gasteiger partial charge is 0.385 e. The van der Waals surface area contributed by atoms with Crippen LogP contribution in [0.4, 0.5) is 0 Å². The van der Waals surface area contributed by atoms with Crippen LogP contribution in [-0.2, 0) is 4.74 Å². The number of halogens is 2. The van der Waals surface area contributed by atoms with Crippen LogP contribution >= 0.6 is 23.2 Å².